The molecular formula is C102H70BBrN2O2S2. The Kier molecular flexibility index (Phi) is 15.7. The number of hydrogen-bond acceptors (Lipinski definition) is 4. The molecule has 0 unspecified atom stereocenters. The first kappa shape index (κ1) is 66.2. The predicted octanol–water partition coefficient (Wildman–Crippen LogP) is 29.0. The Balaban J connectivity index is 0.000000112. The van der Waals surface area contributed by atoms with E-state index in [2.05, 4.69) is 405 Å². The molecule has 0 saturated carbocycles. The zero-order valence-electron chi connectivity index (χ0n) is 61.0. The third-order valence-corrected chi connectivity index (χ3v) is 26.2. The zero-order chi connectivity index (χ0) is 73.5. The number of para-hydroxylation sites is 4. The van der Waals surface area contributed by atoms with Crippen LogP contribution in [0.25, 0.3) is 193 Å². The highest BCUT2D eigenvalue weighted by atomic mass is 79.9. The molecule has 4 aromatic heterocycles. The molecule has 0 spiro atoms. The summed E-state index contributed by atoms with van der Waals surface area (Å²) in [4.78, 5) is 0. The maximum Gasteiger partial charge on any atom is 0.496 e. The Hall–Kier alpha value is -12.0. The molecule has 1 aliphatic rings. The van der Waals surface area contributed by atoms with Crippen molar-refractivity contribution in [3.8, 4) is 44.8 Å². The van der Waals surface area contributed by atoms with Crippen molar-refractivity contribution in [3.63, 3.8) is 0 Å². The van der Waals surface area contributed by atoms with Crippen LogP contribution in [0.5, 0.6) is 0 Å². The van der Waals surface area contributed by atoms with Gasteiger partial charge in [-0.1, -0.05) is 277 Å². The molecule has 5 heterocycles. The van der Waals surface area contributed by atoms with E-state index >= 15 is 0 Å². The quantitative estimate of drug-likeness (QED) is 0.123. The van der Waals surface area contributed by atoms with Crippen molar-refractivity contribution >= 4 is 200 Å². The Bertz CT molecular complexity index is 7350. The summed E-state index contributed by atoms with van der Waals surface area (Å²) in [6.07, 6.45) is 0. The van der Waals surface area contributed by atoms with E-state index in [-0.39, 0.29) is 0 Å². The molecule has 0 amide bonds. The summed E-state index contributed by atoms with van der Waals surface area (Å²) in [6, 6.07) is 128. The monoisotopic (exact) mass is 1510 g/mol. The van der Waals surface area contributed by atoms with E-state index in [1.807, 2.05) is 22.7 Å². The lowest BCUT2D eigenvalue weighted by Crippen LogP contribution is -2.41. The van der Waals surface area contributed by atoms with Crippen LogP contribution >= 0.6 is 38.6 Å². The Morgan fingerprint density at radius 1 is 0.255 bits per heavy atom. The summed E-state index contributed by atoms with van der Waals surface area (Å²) in [7, 11) is -0.427. The molecule has 4 nitrogen and oxygen atoms in total. The van der Waals surface area contributed by atoms with Crippen molar-refractivity contribution in [1.29, 1.82) is 0 Å². The van der Waals surface area contributed by atoms with E-state index < -0.39 is 18.3 Å². The van der Waals surface area contributed by atoms with Gasteiger partial charge in [0.25, 0.3) is 0 Å². The number of hydrogen-bond donors (Lipinski definition) is 0. The van der Waals surface area contributed by atoms with Gasteiger partial charge in [-0.2, -0.15) is 0 Å². The number of benzene rings is 18. The van der Waals surface area contributed by atoms with E-state index in [1.165, 1.54) is 188 Å². The third-order valence-electron chi connectivity index (χ3n) is 23.3. The van der Waals surface area contributed by atoms with Gasteiger partial charge in [-0.3, -0.25) is 0 Å². The molecular weight excluding hydrogens is 1440 g/mol. The fourth-order valence-corrected chi connectivity index (χ4v) is 20.2. The lowest BCUT2D eigenvalue weighted by Gasteiger charge is -2.32. The number of nitrogens with zero attached hydrogens (tertiary/aromatic N) is 2. The highest BCUT2D eigenvalue weighted by Crippen LogP contribution is 2.47. The molecule has 22 aromatic rings. The minimum atomic E-state index is -0.427. The smallest absolute Gasteiger partial charge is 0.399 e. The van der Waals surface area contributed by atoms with Crippen LogP contribution in [-0.2, 0) is 9.31 Å². The highest BCUT2D eigenvalue weighted by Gasteiger charge is 2.52. The van der Waals surface area contributed by atoms with E-state index in [0.717, 1.165) is 15.6 Å². The first-order chi connectivity index (χ1) is 53.9. The summed E-state index contributed by atoms with van der Waals surface area (Å²) in [5, 5.41) is 25.9. The van der Waals surface area contributed by atoms with Crippen LogP contribution < -0.4 is 5.46 Å². The number of halogens is 1. The SMILES string of the molecule is Brc1cccc(-c2ccc3c4ccccc4c4ccccc4c3c2)c1.CC1(C)OB(c2cc(-n3c4ccccc4c4ccccc43)cc3c2sc2ccccc23)OC1(C)C.c1cc(-c2ccc3c4ccccc4c4ccccc4c3c2)cc(-c2cc(-n3c4ccccc4c4ccccc43)cc3c2sc2ccccc23)c1. The lowest BCUT2D eigenvalue weighted by molar-refractivity contribution is 0.00578. The lowest BCUT2D eigenvalue weighted by atomic mass is 9.78. The fourth-order valence-electron chi connectivity index (χ4n) is 17.4. The molecule has 23 rings (SSSR count). The van der Waals surface area contributed by atoms with Crippen LogP contribution in [0.2, 0.25) is 0 Å². The predicted molar refractivity (Wildman–Crippen MR) is 479 cm³/mol. The van der Waals surface area contributed by atoms with Gasteiger partial charge in [0.1, 0.15) is 0 Å². The van der Waals surface area contributed by atoms with Crippen LogP contribution in [0, 0.1) is 0 Å². The van der Waals surface area contributed by atoms with Crippen molar-refractivity contribution in [1.82, 2.24) is 9.13 Å². The van der Waals surface area contributed by atoms with Gasteiger partial charge in [-0.15, -0.1) is 22.7 Å². The Labute approximate surface area is 653 Å². The van der Waals surface area contributed by atoms with Gasteiger partial charge in [-0.05, 0) is 211 Å². The molecule has 1 aliphatic heterocycles. The van der Waals surface area contributed by atoms with Gasteiger partial charge >= 0.3 is 7.12 Å². The Morgan fingerprint density at radius 2 is 0.573 bits per heavy atom. The number of rotatable bonds is 6. The largest absolute Gasteiger partial charge is 0.496 e. The summed E-state index contributed by atoms with van der Waals surface area (Å²) < 4.78 is 24.2. The number of fused-ring (bicyclic) bond motifs is 24. The maximum atomic E-state index is 6.58. The molecule has 0 radical (unpaired) electrons. The van der Waals surface area contributed by atoms with Gasteiger partial charge in [0.15, 0.2) is 0 Å². The first-order valence-corrected chi connectivity index (χ1v) is 40.1. The molecule has 0 aliphatic carbocycles. The summed E-state index contributed by atoms with van der Waals surface area (Å²) in [5.74, 6) is 0. The molecule has 0 atom stereocenters. The van der Waals surface area contributed by atoms with Crippen LogP contribution in [0.4, 0.5) is 0 Å². The molecule has 0 N–H and O–H groups in total. The van der Waals surface area contributed by atoms with Crippen LogP contribution in [0.1, 0.15) is 27.7 Å². The third kappa shape index (κ3) is 10.8. The molecule has 110 heavy (non-hydrogen) atoms. The van der Waals surface area contributed by atoms with E-state index in [0.29, 0.717) is 0 Å². The van der Waals surface area contributed by atoms with E-state index in [1.54, 1.807) is 0 Å². The van der Waals surface area contributed by atoms with Gasteiger partial charge in [-0.25, -0.2) is 0 Å². The average Bonchev–Trinajstić information content (AvgIpc) is 1.49. The van der Waals surface area contributed by atoms with Gasteiger partial charge in [0.2, 0.25) is 0 Å². The maximum absolute atomic E-state index is 6.58. The summed E-state index contributed by atoms with van der Waals surface area (Å²) >= 11 is 7.29. The Morgan fingerprint density at radius 3 is 1.00 bits per heavy atom. The molecule has 1 fully saturated rings. The van der Waals surface area contributed by atoms with Crippen LogP contribution in [-0.4, -0.2) is 27.5 Å². The van der Waals surface area contributed by atoms with Crippen LogP contribution in [0.3, 0.4) is 0 Å². The molecule has 8 heteroatoms. The normalized spacial score (nSPS) is 13.6. The topological polar surface area (TPSA) is 28.3 Å². The second-order valence-corrected chi connectivity index (χ2v) is 33.1. The second-order valence-electron chi connectivity index (χ2n) is 30.1. The summed E-state index contributed by atoms with van der Waals surface area (Å²) in [6.45, 7) is 8.47. The average molecular weight is 1510 g/mol. The van der Waals surface area contributed by atoms with Gasteiger partial charge in [0.05, 0.1) is 33.3 Å². The van der Waals surface area contributed by atoms with Crippen molar-refractivity contribution in [2.24, 2.45) is 0 Å². The first-order valence-electron chi connectivity index (χ1n) is 37.7. The summed E-state index contributed by atoms with van der Waals surface area (Å²) in [5.41, 5.74) is 14.9. The molecule has 1 saturated heterocycles. The van der Waals surface area contributed by atoms with Crippen molar-refractivity contribution < 1.29 is 9.31 Å². The van der Waals surface area contributed by atoms with Crippen molar-refractivity contribution in [3.05, 3.63) is 356 Å². The number of aromatic nitrogens is 2. The van der Waals surface area contributed by atoms with E-state index in [9.17, 15) is 0 Å². The number of thiophene rings is 2. The van der Waals surface area contributed by atoms with E-state index in [4.69, 9.17) is 9.31 Å². The molecule has 522 valence electrons. The molecule has 0 bridgehead atoms. The minimum absolute atomic E-state index is 0.399. The fraction of sp³-hybridized carbons (Fsp3) is 0.0588. The minimum Gasteiger partial charge on any atom is -0.399 e. The van der Waals surface area contributed by atoms with Crippen molar-refractivity contribution in [2.75, 3.05) is 0 Å². The van der Waals surface area contributed by atoms with Crippen molar-refractivity contribution in [2.45, 2.75) is 38.9 Å². The van der Waals surface area contributed by atoms with Gasteiger partial charge < -0.3 is 18.4 Å². The van der Waals surface area contributed by atoms with Crippen LogP contribution in [0.15, 0.2) is 356 Å². The second kappa shape index (κ2) is 26.1. The standard InChI is InChI=1S/C48H29NS.C30H26BNO2S.C24H15Br/c1-2-16-36-34(14-1)35-15-3-4-17-37(35)43-27-31(24-25-38(36)43)30-12-11-13-32(26-30)42-28-33(29-44-41-20-7-10-23-47(41)50-48(42)44)49-45-21-8-5-18-39(45)40-19-6-9-22-46(40)49;1-29(2)30(3,4)34-31(33-29)24-18-19(17-23-22-13-7-10-16-27(22)35-28(23)24)32-25-14-8-5-11-20(25)21-12-6-9-15-26(21)32;25-18-7-5-6-16(14-18)17-12-13-23-21-10-2-1-8-19(21)20-9-3-4-11-22(20)24(23)15-17/h1-29H;5-18H,1-4H3;1-15H. The zero-order valence-corrected chi connectivity index (χ0v) is 64.2. The van der Waals surface area contributed by atoms with Gasteiger partial charge in [0, 0.05) is 88.8 Å². The molecule has 18 aromatic carbocycles. The highest BCUT2D eigenvalue weighted by molar-refractivity contribution is 9.10.